The first-order chi connectivity index (χ1) is 11.9. The molecule has 3 rings (SSSR count). The van der Waals surface area contributed by atoms with Gasteiger partial charge in [-0.2, -0.15) is 15.8 Å². The minimum atomic E-state index is -1.90. The zero-order valence-corrected chi connectivity index (χ0v) is 15.3. The summed E-state index contributed by atoms with van der Waals surface area (Å²) in [7, 11) is 0. The van der Waals surface area contributed by atoms with Crippen LogP contribution in [-0.4, -0.2) is 11.7 Å². The molecule has 2 saturated heterocycles. The molecule has 0 radical (unpaired) electrons. The molecule has 2 aliphatic heterocycles. The van der Waals surface area contributed by atoms with Crippen LogP contribution >= 0.6 is 15.9 Å². The minimum Gasteiger partial charge on any atom is -0.448 e. The number of halogens is 1. The predicted octanol–water partition coefficient (Wildman–Crippen LogP) is 3.81. The Labute approximate surface area is 154 Å². The number of nitrogens with zero attached hydrogens (tertiary/aromatic N) is 3. The normalized spacial score (nSPS) is 35.1. The van der Waals surface area contributed by atoms with E-state index in [-0.39, 0.29) is 5.90 Å². The largest absolute Gasteiger partial charge is 0.448 e. The summed E-state index contributed by atoms with van der Waals surface area (Å²) in [6, 6.07) is 13.2. The summed E-state index contributed by atoms with van der Waals surface area (Å²) < 4.78 is 12.4. The maximum atomic E-state index is 10.0. The number of nitriles is 3. The van der Waals surface area contributed by atoms with Crippen LogP contribution in [0.2, 0.25) is 0 Å². The van der Waals surface area contributed by atoms with Gasteiger partial charge in [0, 0.05) is 11.4 Å². The standard InChI is InChI=1S/C18H15BrN4O2/c1-3-13-16(2)24-14(11-6-4-5-7-12(11)19)17(8-20,9-21)18(13,10-22)15(23)25-16/h4-7,13-14,23H,3H2,1-2H3. The highest BCUT2D eigenvalue weighted by atomic mass is 79.9. The molecule has 1 aromatic carbocycles. The Balaban J connectivity index is 2.37. The number of nitrogens with one attached hydrogen (secondary N) is 1. The van der Waals surface area contributed by atoms with Crippen molar-refractivity contribution in [1.29, 1.82) is 21.2 Å². The third kappa shape index (κ3) is 1.87. The van der Waals surface area contributed by atoms with Gasteiger partial charge < -0.3 is 9.47 Å². The third-order valence-electron chi connectivity index (χ3n) is 5.31. The first kappa shape index (κ1) is 17.4. The van der Waals surface area contributed by atoms with Crippen molar-refractivity contribution in [3.8, 4) is 18.2 Å². The molecular weight excluding hydrogens is 384 g/mol. The molecule has 2 aliphatic rings. The molecule has 4 atom stereocenters. The van der Waals surface area contributed by atoms with Crippen molar-refractivity contribution in [2.45, 2.75) is 32.2 Å². The van der Waals surface area contributed by atoms with Gasteiger partial charge in [-0.15, -0.1) is 0 Å². The second-order valence-electron chi connectivity index (χ2n) is 6.38. The SMILES string of the molecule is CCC1C2(C)OC(=N)C1(C#N)C(C#N)(C#N)C(c1ccccc1Br)O2. The molecule has 0 saturated carbocycles. The Hall–Kier alpha value is -2.40. The molecule has 0 amide bonds. The Kier molecular flexibility index (Phi) is 3.88. The van der Waals surface area contributed by atoms with Gasteiger partial charge in [-0.1, -0.05) is 41.1 Å². The van der Waals surface area contributed by atoms with Crippen molar-refractivity contribution in [1.82, 2.24) is 0 Å². The van der Waals surface area contributed by atoms with Gasteiger partial charge in [0.2, 0.25) is 17.1 Å². The van der Waals surface area contributed by atoms with Crippen molar-refractivity contribution >= 4 is 21.8 Å². The van der Waals surface area contributed by atoms with Crippen molar-refractivity contribution in [2.24, 2.45) is 16.7 Å². The summed E-state index contributed by atoms with van der Waals surface area (Å²) in [5, 5.41) is 38.4. The van der Waals surface area contributed by atoms with Gasteiger partial charge in [-0.05, 0) is 18.1 Å². The average Bonchev–Trinajstić information content (AvgIpc) is 2.78. The molecule has 4 unspecified atom stereocenters. The number of rotatable bonds is 2. The number of fused-ring (bicyclic) bond motifs is 2. The quantitative estimate of drug-likeness (QED) is 0.812. The lowest BCUT2D eigenvalue weighted by atomic mass is 9.53. The number of hydrogen-bond donors (Lipinski definition) is 1. The van der Waals surface area contributed by atoms with Gasteiger partial charge in [0.25, 0.3) is 0 Å². The number of ether oxygens (including phenoxy) is 2. The Bertz CT molecular complexity index is 866. The Morgan fingerprint density at radius 1 is 1.20 bits per heavy atom. The van der Waals surface area contributed by atoms with E-state index in [1.807, 2.05) is 19.1 Å². The van der Waals surface area contributed by atoms with E-state index < -0.39 is 28.6 Å². The van der Waals surface area contributed by atoms with Crippen LogP contribution in [0, 0.1) is 56.2 Å². The lowest BCUT2D eigenvalue weighted by Gasteiger charge is -2.48. The topological polar surface area (TPSA) is 114 Å². The fraction of sp³-hybridized carbons (Fsp3) is 0.444. The Morgan fingerprint density at radius 2 is 1.84 bits per heavy atom. The highest BCUT2D eigenvalue weighted by Gasteiger charge is 2.78. The van der Waals surface area contributed by atoms with E-state index in [1.165, 1.54) is 0 Å². The molecule has 2 fully saturated rings. The lowest BCUT2D eigenvalue weighted by molar-refractivity contribution is -0.273. The number of hydrogen-bond acceptors (Lipinski definition) is 6. The molecule has 2 bridgehead atoms. The lowest BCUT2D eigenvalue weighted by Crippen LogP contribution is -2.58. The molecule has 126 valence electrons. The second-order valence-corrected chi connectivity index (χ2v) is 7.23. The molecular formula is C18H15BrN4O2. The van der Waals surface area contributed by atoms with Gasteiger partial charge in [0.1, 0.15) is 6.10 Å². The van der Waals surface area contributed by atoms with E-state index >= 15 is 0 Å². The zero-order valence-electron chi connectivity index (χ0n) is 13.7. The van der Waals surface area contributed by atoms with Crippen LogP contribution in [0.1, 0.15) is 31.9 Å². The van der Waals surface area contributed by atoms with Crippen molar-refractivity contribution in [2.75, 3.05) is 0 Å². The molecule has 7 heteroatoms. The van der Waals surface area contributed by atoms with E-state index in [2.05, 4.69) is 22.0 Å². The highest BCUT2D eigenvalue weighted by molar-refractivity contribution is 9.10. The van der Waals surface area contributed by atoms with E-state index in [4.69, 9.17) is 14.9 Å². The highest BCUT2D eigenvalue weighted by Crippen LogP contribution is 2.67. The van der Waals surface area contributed by atoms with E-state index in [1.54, 1.807) is 31.2 Å². The van der Waals surface area contributed by atoms with Crippen LogP contribution in [0.15, 0.2) is 28.7 Å². The van der Waals surface area contributed by atoms with Crippen molar-refractivity contribution in [3.05, 3.63) is 34.3 Å². The van der Waals surface area contributed by atoms with Crippen LogP contribution in [0.5, 0.6) is 0 Å². The monoisotopic (exact) mass is 398 g/mol. The fourth-order valence-electron chi connectivity index (χ4n) is 4.19. The smallest absolute Gasteiger partial charge is 0.214 e. The van der Waals surface area contributed by atoms with Gasteiger partial charge in [0.05, 0.1) is 24.1 Å². The van der Waals surface area contributed by atoms with Gasteiger partial charge in [-0.3, -0.25) is 5.41 Å². The van der Waals surface area contributed by atoms with Crippen LogP contribution < -0.4 is 0 Å². The van der Waals surface area contributed by atoms with Crippen LogP contribution in [0.3, 0.4) is 0 Å². The number of benzene rings is 1. The summed E-state index contributed by atoms with van der Waals surface area (Å²) in [6.07, 6.45) is -0.603. The van der Waals surface area contributed by atoms with E-state index in [0.717, 1.165) is 0 Å². The minimum absolute atomic E-state index is 0.373. The zero-order chi connectivity index (χ0) is 18.5. The Morgan fingerprint density at radius 3 is 2.36 bits per heavy atom. The molecule has 2 heterocycles. The van der Waals surface area contributed by atoms with Crippen LogP contribution in [0.4, 0.5) is 0 Å². The van der Waals surface area contributed by atoms with Crippen molar-refractivity contribution < 1.29 is 9.47 Å². The summed E-state index contributed by atoms with van der Waals surface area (Å²) in [5.74, 6) is -2.23. The maximum Gasteiger partial charge on any atom is 0.214 e. The molecule has 1 N–H and O–H groups in total. The first-order valence-corrected chi connectivity index (χ1v) is 8.60. The maximum absolute atomic E-state index is 10.0. The molecule has 0 spiro atoms. The summed E-state index contributed by atoms with van der Waals surface area (Å²) in [6.45, 7) is 3.50. The van der Waals surface area contributed by atoms with Crippen LogP contribution in [0.25, 0.3) is 0 Å². The molecule has 1 aromatic rings. The van der Waals surface area contributed by atoms with Crippen molar-refractivity contribution in [3.63, 3.8) is 0 Å². The second kappa shape index (κ2) is 5.56. The van der Waals surface area contributed by atoms with Gasteiger partial charge >= 0.3 is 0 Å². The third-order valence-corrected chi connectivity index (χ3v) is 6.03. The molecule has 0 aliphatic carbocycles. The summed E-state index contributed by atoms with van der Waals surface area (Å²) in [4.78, 5) is 0. The van der Waals surface area contributed by atoms with E-state index in [0.29, 0.717) is 16.5 Å². The summed E-state index contributed by atoms with van der Waals surface area (Å²) >= 11 is 3.43. The molecule has 25 heavy (non-hydrogen) atoms. The van der Waals surface area contributed by atoms with Gasteiger partial charge in [0.15, 0.2) is 5.41 Å². The van der Waals surface area contributed by atoms with Crippen LogP contribution in [-0.2, 0) is 9.47 Å². The fourth-order valence-corrected chi connectivity index (χ4v) is 4.68. The van der Waals surface area contributed by atoms with E-state index in [9.17, 15) is 15.8 Å². The molecule has 0 aromatic heterocycles. The summed E-state index contributed by atoms with van der Waals surface area (Å²) in [5.41, 5.74) is -3.03. The van der Waals surface area contributed by atoms with Gasteiger partial charge in [-0.25, -0.2) is 0 Å². The average molecular weight is 399 g/mol. The first-order valence-electron chi connectivity index (χ1n) is 7.81. The molecule has 6 nitrogen and oxygen atoms in total. The predicted molar refractivity (Wildman–Crippen MR) is 90.7 cm³/mol.